The molecule has 1 aliphatic heterocycles. The lowest BCUT2D eigenvalue weighted by molar-refractivity contribution is 0.154. The summed E-state index contributed by atoms with van der Waals surface area (Å²) in [6.07, 6.45) is 1.78. The van der Waals surface area contributed by atoms with E-state index in [4.69, 9.17) is 4.52 Å². The summed E-state index contributed by atoms with van der Waals surface area (Å²) < 4.78 is 5.26. The van der Waals surface area contributed by atoms with Gasteiger partial charge < -0.3 is 19.2 Å². The maximum absolute atomic E-state index is 12.4. The zero-order chi connectivity index (χ0) is 19.4. The topological polar surface area (TPSA) is 78.6 Å². The van der Waals surface area contributed by atoms with Crippen LogP contribution in [0, 0.1) is 0 Å². The SMILES string of the molecule is CCN(CC)C(=O)N1CCN(c2ccc(-c3noc(C(C)C)n3)cn2)CC1. The van der Waals surface area contributed by atoms with Crippen molar-refractivity contribution in [2.75, 3.05) is 44.2 Å². The van der Waals surface area contributed by atoms with Gasteiger partial charge >= 0.3 is 6.03 Å². The Bertz CT molecular complexity index is 746. The molecule has 0 spiro atoms. The first kappa shape index (κ1) is 19.1. The van der Waals surface area contributed by atoms with E-state index in [9.17, 15) is 4.79 Å². The average molecular weight is 372 g/mol. The molecule has 0 saturated carbocycles. The number of carbonyl (C=O) groups is 1. The van der Waals surface area contributed by atoms with E-state index in [2.05, 4.69) is 20.0 Å². The Hall–Kier alpha value is -2.64. The van der Waals surface area contributed by atoms with Crippen molar-refractivity contribution in [3.63, 3.8) is 0 Å². The molecule has 0 N–H and O–H groups in total. The summed E-state index contributed by atoms with van der Waals surface area (Å²) in [5.74, 6) is 2.30. The molecule has 1 saturated heterocycles. The van der Waals surface area contributed by atoms with Gasteiger partial charge in [0.15, 0.2) is 0 Å². The Labute approximate surface area is 160 Å². The third-order valence-corrected chi connectivity index (χ3v) is 4.85. The summed E-state index contributed by atoms with van der Waals surface area (Å²) in [6.45, 7) is 12.5. The van der Waals surface area contributed by atoms with Gasteiger partial charge in [0.25, 0.3) is 0 Å². The molecule has 1 aliphatic rings. The van der Waals surface area contributed by atoms with Crippen LogP contribution in [0.25, 0.3) is 11.4 Å². The molecule has 8 nitrogen and oxygen atoms in total. The molecule has 0 aromatic carbocycles. The third-order valence-electron chi connectivity index (χ3n) is 4.85. The van der Waals surface area contributed by atoms with Crippen molar-refractivity contribution in [1.29, 1.82) is 0 Å². The van der Waals surface area contributed by atoms with Crippen LogP contribution in [0.4, 0.5) is 10.6 Å². The number of amides is 2. The van der Waals surface area contributed by atoms with Gasteiger partial charge in [-0.1, -0.05) is 19.0 Å². The summed E-state index contributed by atoms with van der Waals surface area (Å²) in [4.78, 5) is 27.4. The molecule has 3 heterocycles. The number of hydrogen-bond donors (Lipinski definition) is 0. The summed E-state index contributed by atoms with van der Waals surface area (Å²) in [5, 5.41) is 4.02. The normalized spacial score (nSPS) is 14.7. The van der Waals surface area contributed by atoms with E-state index in [1.54, 1.807) is 6.20 Å². The van der Waals surface area contributed by atoms with Gasteiger partial charge in [-0.25, -0.2) is 9.78 Å². The first-order chi connectivity index (χ1) is 13.0. The number of pyridine rings is 1. The summed E-state index contributed by atoms with van der Waals surface area (Å²) in [7, 11) is 0. The molecule has 3 rings (SSSR count). The van der Waals surface area contributed by atoms with Gasteiger partial charge in [0.05, 0.1) is 0 Å². The monoisotopic (exact) mass is 372 g/mol. The van der Waals surface area contributed by atoms with E-state index in [1.165, 1.54) is 0 Å². The maximum Gasteiger partial charge on any atom is 0.320 e. The van der Waals surface area contributed by atoms with Crippen molar-refractivity contribution >= 4 is 11.8 Å². The Kier molecular flexibility index (Phi) is 5.93. The van der Waals surface area contributed by atoms with Crippen LogP contribution in [-0.2, 0) is 0 Å². The van der Waals surface area contributed by atoms with Gasteiger partial charge in [0.2, 0.25) is 11.7 Å². The third kappa shape index (κ3) is 4.20. The molecule has 27 heavy (non-hydrogen) atoms. The van der Waals surface area contributed by atoms with Crippen molar-refractivity contribution in [3.8, 4) is 11.4 Å². The van der Waals surface area contributed by atoms with Crippen molar-refractivity contribution in [3.05, 3.63) is 24.2 Å². The molecule has 0 bridgehead atoms. The molecule has 2 aromatic heterocycles. The molecule has 2 aromatic rings. The highest BCUT2D eigenvalue weighted by Gasteiger charge is 2.24. The fraction of sp³-hybridized carbons (Fsp3) is 0.579. The number of urea groups is 1. The van der Waals surface area contributed by atoms with Crippen LogP contribution in [0.1, 0.15) is 39.5 Å². The van der Waals surface area contributed by atoms with E-state index in [1.807, 2.05) is 49.6 Å². The maximum atomic E-state index is 12.4. The molecule has 0 aliphatic carbocycles. The number of aromatic nitrogens is 3. The van der Waals surface area contributed by atoms with E-state index in [0.717, 1.165) is 37.6 Å². The highest BCUT2D eigenvalue weighted by Crippen LogP contribution is 2.21. The quantitative estimate of drug-likeness (QED) is 0.803. The second kappa shape index (κ2) is 8.37. The molecule has 2 amide bonds. The van der Waals surface area contributed by atoms with Crippen molar-refractivity contribution in [2.45, 2.75) is 33.6 Å². The highest BCUT2D eigenvalue weighted by molar-refractivity contribution is 5.74. The predicted molar refractivity (Wildman–Crippen MR) is 104 cm³/mol. The molecule has 0 unspecified atom stereocenters. The van der Waals surface area contributed by atoms with Crippen LogP contribution in [0.2, 0.25) is 0 Å². The second-order valence-corrected chi connectivity index (χ2v) is 6.94. The fourth-order valence-corrected chi connectivity index (χ4v) is 3.11. The van der Waals surface area contributed by atoms with Crippen LogP contribution in [-0.4, -0.2) is 70.2 Å². The largest absolute Gasteiger partial charge is 0.353 e. The van der Waals surface area contributed by atoms with Gasteiger partial charge in [-0.3, -0.25) is 0 Å². The molecule has 146 valence electrons. The summed E-state index contributed by atoms with van der Waals surface area (Å²) in [5.41, 5.74) is 0.838. The lowest BCUT2D eigenvalue weighted by Crippen LogP contribution is -2.53. The van der Waals surface area contributed by atoms with Crippen LogP contribution >= 0.6 is 0 Å². The van der Waals surface area contributed by atoms with Crippen molar-refractivity contribution < 1.29 is 9.32 Å². The summed E-state index contributed by atoms with van der Waals surface area (Å²) in [6, 6.07) is 4.06. The number of nitrogens with zero attached hydrogens (tertiary/aromatic N) is 6. The number of anilines is 1. The van der Waals surface area contributed by atoms with Crippen LogP contribution < -0.4 is 4.90 Å². The number of hydrogen-bond acceptors (Lipinski definition) is 6. The molecule has 0 radical (unpaired) electrons. The minimum absolute atomic E-state index is 0.126. The van der Waals surface area contributed by atoms with E-state index in [-0.39, 0.29) is 11.9 Å². The smallest absolute Gasteiger partial charge is 0.320 e. The minimum atomic E-state index is 0.126. The predicted octanol–water partition coefficient (Wildman–Crippen LogP) is 2.84. The number of piperazine rings is 1. The number of carbonyl (C=O) groups excluding carboxylic acids is 1. The lowest BCUT2D eigenvalue weighted by Gasteiger charge is -2.37. The molecular formula is C19H28N6O2. The lowest BCUT2D eigenvalue weighted by atomic mass is 10.2. The van der Waals surface area contributed by atoms with Crippen LogP contribution in [0.3, 0.4) is 0 Å². The Morgan fingerprint density at radius 3 is 2.41 bits per heavy atom. The van der Waals surface area contributed by atoms with E-state index in [0.29, 0.717) is 24.8 Å². The van der Waals surface area contributed by atoms with Gasteiger partial charge in [0.1, 0.15) is 5.82 Å². The zero-order valence-electron chi connectivity index (χ0n) is 16.6. The first-order valence-electron chi connectivity index (χ1n) is 9.62. The molecule has 1 fully saturated rings. The standard InChI is InChI=1S/C19H28N6O2/c1-5-23(6-2)19(26)25-11-9-24(10-12-25)16-8-7-15(13-20-16)17-21-18(14(3)4)27-22-17/h7-8,13-14H,5-6,9-12H2,1-4H3. The fourth-order valence-electron chi connectivity index (χ4n) is 3.11. The van der Waals surface area contributed by atoms with E-state index < -0.39 is 0 Å². The van der Waals surface area contributed by atoms with Gasteiger partial charge in [-0.2, -0.15) is 4.98 Å². The minimum Gasteiger partial charge on any atom is -0.353 e. The van der Waals surface area contributed by atoms with Crippen molar-refractivity contribution in [1.82, 2.24) is 24.9 Å². The Morgan fingerprint density at radius 2 is 1.89 bits per heavy atom. The van der Waals surface area contributed by atoms with E-state index >= 15 is 0 Å². The highest BCUT2D eigenvalue weighted by atomic mass is 16.5. The average Bonchev–Trinajstić information content (AvgIpc) is 3.20. The molecule has 0 atom stereocenters. The Balaban J connectivity index is 1.61. The molecule has 8 heteroatoms. The van der Waals surface area contributed by atoms with Crippen molar-refractivity contribution in [2.24, 2.45) is 0 Å². The first-order valence-corrected chi connectivity index (χ1v) is 9.62. The van der Waals surface area contributed by atoms with Crippen LogP contribution in [0.15, 0.2) is 22.9 Å². The number of rotatable bonds is 5. The van der Waals surface area contributed by atoms with Gasteiger partial charge in [-0.15, -0.1) is 0 Å². The second-order valence-electron chi connectivity index (χ2n) is 6.94. The Morgan fingerprint density at radius 1 is 1.19 bits per heavy atom. The zero-order valence-corrected chi connectivity index (χ0v) is 16.6. The van der Waals surface area contributed by atoms with Crippen LogP contribution in [0.5, 0.6) is 0 Å². The summed E-state index contributed by atoms with van der Waals surface area (Å²) >= 11 is 0. The van der Waals surface area contributed by atoms with Gasteiger partial charge in [0, 0.05) is 56.9 Å². The molecular weight excluding hydrogens is 344 g/mol. The van der Waals surface area contributed by atoms with Gasteiger partial charge in [-0.05, 0) is 26.0 Å².